The van der Waals surface area contributed by atoms with Gasteiger partial charge in [-0.1, -0.05) is 6.07 Å². The summed E-state index contributed by atoms with van der Waals surface area (Å²) in [5.74, 6) is -0.720. The number of hydrogen-bond acceptors (Lipinski definition) is 4. The SMILES string of the molecule is Cc1ccc(NC(=O)NC2CC(N(CC(=O)O)CC3CC3)C2)cc1C(N)=O. The van der Waals surface area contributed by atoms with Gasteiger partial charge in [0.2, 0.25) is 5.91 Å². The van der Waals surface area contributed by atoms with E-state index in [0.717, 1.165) is 24.9 Å². The van der Waals surface area contributed by atoms with E-state index in [1.165, 1.54) is 12.8 Å². The Hall–Kier alpha value is -2.61. The third-order valence-corrected chi connectivity index (χ3v) is 5.25. The number of rotatable bonds is 8. The van der Waals surface area contributed by atoms with E-state index in [-0.39, 0.29) is 24.7 Å². The van der Waals surface area contributed by atoms with Crippen LogP contribution in [-0.2, 0) is 4.79 Å². The fourth-order valence-corrected chi connectivity index (χ4v) is 3.47. The number of carbonyl (C=O) groups is 3. The number of nitrogens with one attached hydrogen (secondary N) is 2. The Morgan fingerprint density at radius 2 is 1.96 bits per heavy atom. The average Bonchev–Trinajstić information content (AvgIpc) is 3.35. The molecule has 0 aliphatic heterocycles. The zero-order valence-electron chi connectivity index (χ0n) is 15.4. The van der Waals surface area contributed by atoms with Gasteiger partial charge in [-0.05, 0) is 56.2 Å². The van der Waals surface area contributed by atoms with Gasteiger partial charge in [0.25, 0.3) is 0 Å². The van der Waals surface area contributed by atoms with Gasteiger partial charge in [0.1, 0.15) is 0 Å². The van der Waals surface area contributed by atoms with Gasteiger partial charge < -0.3 is 21.5 Å². The molecule has 2 aliphatic carbocycles. The van der Waals surface area contributed by atoms with E-state index in [0.29, 0.717) is 17.2 Å². The van der Waals surface area contributed by atoms with Crippen LogP contribution in [0, 0.1) is 12.8 Å². The first-order chi connectivity index (χ1) is 12.8. The number of aliphatic carboxylic acids is 1. The van der Waals surface area contributed by atoms with E-state index in [2.05, 4.69) is 10.6 Å². The van der Waals surface area contributed by atoms with Crippen LogP contribution >= 0.6 is 0 Å². The first-order valence-corrected chi connectivity index (χ1v) is 9.25. The minimum Gasteiger partial charge on any atom is -0.480 e. The van der Waals surface area contributed by atoms with Crippen molar-refractivity contribution in [2.24, 2.45) is 11.7 Å². The number of nitrogens with zero attached hydrogens (tertiary/aromatic N) is 1. The molecule has 1 aromatic rings. The summed E-state index contributed by atoms with van der Waals surface area (Å²) in [5, 5.41) is 14.7. The maximum atomic E-state index is 12.2. The van der Waals surface area contributed by atoms with Crippen molar-refractivity contribution in [3.05, 3.63) is 29.3 Å². The van der Waals surface area contributed by atoms with Crippen molar-refractivity contribution in [3.63, 3.8) is 0 Å². The second kappa shape index (κ2) is 7.96. The maximum absolute atomic E-state index is 12.2. The third kappa shape index (κ3) is 5.19. The molecule has 2 saturated carbocycles. The predicted octanol–water partition coefficient (Wildman–Crippen LogP) is 1.54. The van der Waals surface area contributed by atoms with Crippen molar-refractivity contribution in [1.82, 2.24) is 10.2 Å². The van der Waals surface area contributed by atoms with E-state index in [1.807, 2.05) is 4.90 Å². The van der Waals surface area contributed by atoms with Gasteiger partial charge in [0, 0.05) is 29.9 Å². The highest BCUT2D eigenvalue weighted by molar-refractivity contribution is 5.97. The number of benzene rings is 1. The highest BCUT2D eigenvalue weighted by Gasteiger charge is 2.37. The molecule has 3 rings (SSSR count). The molecular formula is C19H26N4O4. The molecule has 8 nitrogen and oxygen atoms in total. The zero-order chi connectivity index (χ0) is 19.6. The molecular weight excluding hydrogens is 348 g/mol. The lowest BCUT2D eigenvalue weighted by Gasteiger charge is -2.42. The van der Waals surface area contributed by atoms with Gasteiger partial charge in [0.15, 0.2) is 0 Å². The third-order valence-electron chi connectivity index (χ3n) is 5.25. The average molecular weight is 374 g/mol. The fourth-order valence-electron chi connectivity index (χ4n) is 3.47. The van der Waals surface area contributed by atoms with Crippen LogP contribution in [0.4, 0.5) is 10.5 Å². The first kappa shape index (κ1) is 19.2. The molecule has 2 fully saturated rings. The number of aryl methyl sites for hydroxylation is 1. The van der Waals surface area contributed by atoms with Crippen molar-refractivity contribution in [2.45, 2.75) is 44.7 Å². The standard InChI is InChI=1S/C19H26N4O4/c1-11-2-5-13(8-16(11)18(20)26)21-19(27)22-14-6-15(7-14)23(10-17(24)25)9-12-3-4-12/h2,5,8,12,14-15H,3-4,6-7,9-10H2,1H3,(H2,20,26)(H,24,25)(H2,21,22,27). The number of carboxylic acids is 1. The van der Waals surface area contributed by atoms with Crippen LogP contribution in [0.2, 0.25) is 0 Å². The number of hydrogen-bond donors (Lipinski definition) is 4. The molecule has 0 bridgehead atoms. The molecule has 1 aromatic carbocycles. The molecule has 0 radical (unpaired) electrons. The lowest BCUT2D eigenvalue weighted by molar-refractivity contribution is -0.139. The molecule has 0 saturated heterocycles. The van der Waals surface area contributed by atoms with Crippen LogP contribution in [0.5, 0.6) is 0 Å². The Labute approximate surface area is 158 Å². The minimum atomic E-state index is -0.811. The molecule has 0 atom stereocenters. The fraction of sp³-hybridized carbons (Fsp3) is 0.526. The van der Waals surface area contributed by atoms with Gasteiger partial charge in [-0.2, -0.15) is 0 Å². The van der Waals surface area contributed by atoms with Crippen molar-refractivity contribution in [3.8, 4) is 0 Å². The molecule has 0 aromatic heterocycles. The second-order valence-corrected chi connectivity index (χ2v) is 7.58. The summed E-state index contributed by atoms with van der Waals surface area (Å²) < 4.78 is 0. The number of anilines is 1. The largest absolute Gasteiger partial charge is 0.480 e. The van der Waals surface area contributed by atoms with Crippen LogP contribution < -0.4 is 16.4 Å². The Morgan fingerprint density at radius 1 is 1.26 bits per heavy atom. The highest BCUT2D eigenvalue weighted by Crippen LogP contribution is 2.33. The van der Waals surface area contributed by atoms with E-state index in [4.69, 9.17) is 10.8 Å². The van der Waals surface area contributed by atoms with Crippen LogP contribution in [0.1, 0.15) is 41.6 Å². The maximum Gasteiger partial charge on any atom is 0.319 e. The van der Waals surface area contributed by atoms with E-state index in [9.17, 15) is 14.4 Å². The van der Waals surface area contributed by atoms with Gasteiger partial charge in [-0.15, -0.1) is 0 Å². The Balaban J connectivity index is 1.47. The van der Waals surface area contributed by atoms with Gasteiger partial charge in [-0.25, -0.2) is 4.79 Å². The zero-order valence-corrected chi connectivity index (χ0v) is 15.4. The number of carboxylic acid groups (broad SMARTS) is 1. The van der Waals surface area contributed by atoms with Gasteiger partial charge >= 0.3 is 12.0 Å². The monoisotopic (exact) mass is 374 g/mol. The Kier molecular flexibility index (Phi) is 5.65. The normalized spacial score (nSPS) is 21.4. The van der Waals surface area contributed by atoms with Crippen LogP contribution in [0.3, 0.4) is 0 Å². The van der Waals surface area contributed by atoms with Crippen LogP contribution in [0.25, 0.3) is 0 Å². The number of carbonyl (C=O) groups excluding carboxylic acids is 2. The number of urea groups is 1. The summed E-state index contributed by atoms with van der Waals surface area (Å²) >= 11 is 0. The summed E-state index contributed by atoms with van der Waals surface area (Å²) in [6.07, 6.45) is 3.84. The van der Waals surface area contributed by atoms with E-state index >= 15 is 0 Å². The summed E-state index contributed by atoms with van der Waals surface area (Å²) in [4.78, 5) is 36.7. The lowest BCUT2D eigenvalue weighted by Crippen LogP contribution is -2.55. The van der Waals surface area contributed by atoms with E-state index in [1.54, 1.807) is 25.1 Å². The molecule has 0 unspecified atom stereocenters. The van der Waals surface area contributed by atoms with Gasteiger partial charge in [-0.3, -0.25) is 14.5 Å². The summed E-state index contributed by atoms with van der Waals surface area (Å²) in [6, 6.07) is 4.89. The smallest absolute Gasteiger partial charge is 0.319 e. The van der Waals surface area contributed by atoms with Crippen molar-refractivity contribution >= 4 is 23.6 Å². The molecule has 146 valence electrons. The lowest BCUT2D eigenvalue weighted by atomic mass is 9.85. The Morgan fingerprint density at radius 3 is 2.56 bits per heavy atom. The summed E-state index contributed by atoms with van der Waals surface area (Å²) in [7, 11) is 0. The molecule has 0 heterocycles. The highest BCUT2D eigenvalue weighted by atomic mass is 16.4. The molecule has 5 N–H and O–H groups in total. The first-order valence-electron chi connectivity index (χ1n) is 9.25. The summed E-state index contributed by atoms with van der Waals surface area (Å²) in [5.41, 5.74) is 6.96. The van der Waals surface area contributed by atoms with Crippen LogP contribution in [-0.4, -0.2) is 53.1 Å². The molecule has 0 spiro atoms. The van der Waals surface area contributed by atoms with E-state index < -0.39 is 11.9 Å². The predicted molar refractivity (Wildman–Crippen MR) is 101 cm³/mol. The minimum absolute atomic E-state index is 0.0200. The molecule has 8 heteroatoms. The molecule has 3 amide bonds. The van der Waals surface area contributed by atoms with Crippen molar-refractivity contribution in [2.75, 3.05) is 18.4 Å². The van der Waals surface area contributed by atoms with Crippen LogP contribution in [0.15, 0.2) is 18.2 Å². The van der Waals surface area contributed by atoms with Crippen molar-refractivity contribution < 1.29 is 19.5 Å². The number of amides is 3. The number of nitrogens with two attached hydrogens (primary N) is 1. The number of primary amides is 1. The molecule has 27 heavy (non-hydrogen) atoms. The van der Waals surface area contributed by atoms with Crippen molar-refractivity contribution in [1.29, 1.82) is 0 Å². The second-order valence-electron chi connectivity index (χ2n) is 7.58. The quantitative estimate of drug-likeness (QED) is 0.549. The topological polar surface area (TPSA) is 125 Å². The Bertz CT molecular complexity index is 741. The van der Waals surface area contributed by atoms with Gasteiger partial charge in [0.05, 0.1) is 6.54 Å². The summed E-state index contributed by atoms with van der Waals surface area (Å²) in [6.45, 7) is 2.66. The molecule has 2 aliphatic rings.